The lowest BCUT2D eigenvalue weighted by Gasteiger charge is -2.35. The van der Waals surface area contributed by atoms with Crippen molar-refractivity contribution in [2.24, 2.45) is 5.41 Å². The summed E-state index contributed by atoms with van der Waals surface area (Å²) >= 11 is 1.57. The summed E-state index contributed by atoms with van der Waals surface area (Å²) in [5.74, 6) is -2.42. The largest absolute Gasteiger partial charge is 0.480 e. The molecular weight excluding hydrogens is 576 g/mol. The number of hydrogen-bond acceptors (Lipinski definition) is 9. The molecule has 2 aromatic rings. The standard InChI is InChI=1S/C30H42N4O8S/c1-18(20-7-9-21(10-8-20)26-19(2)31-17-43-26)32-28(39)23-13-22(35)14-34(23)29(40)27(30(3,4)5)33-24(36)15-41-11-6-12-42-16-25(37)38/h7-10,17-18,22-23,27,35H,6,11-16H2,1-5H3,(H,32,39)(H,33,36)(H,37,38). The summed E-state index contributed by atoms with van der Waals surface area (Å²) < 4.78 is 10.3. The molecule has 1 fully saturated rings. The van der Waals surface area contributed by atoms with Crippen molar-refractivity contribution in [3.63, 3.8) is 0 Å². The second-order valence-electron chi connectivity index (χ2n) is 11.7. The van der Waals surface area contributed by atoms with Gasteiger partial charge in [0.15, 0.2) is 0 Å². The van der Waals surface area contributed by atoms with Gasteiger partial charge in [0.2, 0.25) is 17.7 Å². The second-order valence-corrected chi connectivity index (χ2v) is 12.6. The van der Waals surface area contributed by atoms with E-state index in [4.69, 9.17) is 14.6 Å². The van der Waals surface area contributed by atoms with Crippen molar-refractivity contribution in [2.45, 2.75) is 71.7 Å². The highest BCUT2D eigenvalue weighted by Crippen LogP contribution is 2.29. The third-order valence-corrected chi connectivity index (χ3v) is 8.07. The summed E-state index contributed by atoms with van der Waals surface area (Å²) in [6.45, 7) is 8.85. The van der Waals surface area contributed by atoms with E-state index in [2.05, 4.69) is 15.6 Å². The Morgan fingerprint density at radius 2 is 1.74 bits per heavy atom. The number of carbonyl (C=O) groups is 4. The minimum Gasteiger partial charge on any atom is -0.480 e. The third kappa shape index (κ3) is 9.82. The van der Waals surface area contributed by atoms with Crippen LogP contribution in [0.25, 0.3) is 10.4 Å². The molecule has 1 aromatic heterocycles. The molecule has 0 spiro atoms. The predicted molar refractivity (Wildman–Crippen MR) is 160 cm³/mol. The van der Waals surface area contributed by atoms with Gasteiger partial charge in [0.25, 0.3) is 0 Å². The fourth-order valence-corrected chi connectivity index (χ4v) is 5.62. The summed E-state index contributed by atoms with van der Waals surface area (Å²) in [5.41, 5.74) is 4.00. The number of hydrogen-bond donors (Lipinski definition) is 4. The molecule has 0 radical (unpaired) electrons. The summed E-state index contributed by atoms with van der Waals surface area (Å²) in [6, 6.07) is 5.66. The fraction of sp³-hybridized carbons (Fsp3) is 0.567. The molecule has 4 atom stereocenters. The Balaban J connectivity index is 1.59. The molecule has 4 unspecified atom stereocenters. The number of carbonyl (C=O) groups excluding carboxylic acids is 3. The van der Waals surface area contributed by atoms with Gasteiger partial charge in [0, 0.05) is 26.2 Å². The van der Waals surface area contributed by atoms with E-state index < -0.39 is 48.0 Å². The first kappa shape index (κ1) is 34.1. The van der Waals surface area contributed by atoms with Crippen molar-refractivity contribution in [2.75, 3.05) is 33.0 Å². The van der Waals surface area contributed by atoms with Crippen LogP contribution in [0.4, 0.5) is 0 Å². The normalized spacial score (nSPS) is 18.2. The van der Waals surface area contributed by atoms with Crippen molar-refractivity contribution in [1.29, 1.82) is 0 Å². The Bertz CT molecular complexity index is 1260. The van der Waals surface area contributed by atoms with Crippen molar-refractivity contribution < 1.29 is 38.9 Å². The van der Waals surface area contributed by atoms with Gasteiger partial charge in [-0.05, 0) is 36.8 Å². The molecule has 3 rings (SSSR count). The maximum atomic E-state index is 13.7. The zero-order chi connectivity index (χ0) is 31.7. The van der Waals surface area contributed by atoms with Crippen LogP contribution in [0, 0.1) is 12.3 Å². The van der Waals surface area contributed by atoms with Crippen molar-refractivity contribution >= 4 is 35.0 Å². The van der Waals surface area contributed by atoms with Gasteiger partial charge in [-0.25, -0.2) is 9.78 Å². The van der Waals surface area contributed by atoms with Crippen LogP contribution in [0.3, 0.4) is 0 Å². The minimum atomic E-state index is -1.06. The molecule has 4 N–H and O–H groups in total. The van der Waals surface area contributed by atoms with Crippen LogP contribution in [0.1, 0.15) is 57.8 Å². The number of aliphatic hydroxyl groups excluding tert-OH is 1. The molecule has 12 nitrogen and oxygen atoms in total. The number of rotatable bonds is 14. The summed E-state index contributed by atoms with van der Waals surface area (Å²) in [6.07, 6.45) is -0.384. The SMILES string of the molecule is Cc1ncsc1-c1ccc(C(C)NC(=O)C2CC(O)CN2C(=O)C(NC(=O)COCCCOCC(=O)O)C(C)(C)C)cc1. The van der Waals surface area contributed by atoms with Crippen molar-refractivity contribution in [3.05, 3.63) is 41.0 Å². The Labute approximate surface area is 255 Å². The van der Waals surface area contributed by atoms with Crippen LogP contribution >= 0.6 is 11.3 Å². The molecule has 1 aromatic carbocycles. The first-order valence-electron chi connectivity index (χ1n) is 14.2. The Kier molecular flexibility index (Phi) is 12.2. The van der Waals surface area contributed by atoms with Gasteiger partial charge in [-0.2, -0.15) is 0 Å². The molecule has 0 saturated carbocycles. The highest BCUT2D eigenvalue weighted by atomic mass is 32.1. The highest BCUT2D eigenvalue weighted by Gasteiger charge is 2.44. The number of aliphatic hydroxyl groups is 1. The van der Waals surface area contributed by atoms with Crippen LogP contribution in [-0.2, 0) is 28.7 Å². The lowest BCUT2D eigenvalue weighted by molar-refractivity contribution is -0.144. The van der Waals surface area contributed by atoms with Gasteiger partial charge in [0.05, 0.1) is 28.2 Å². The number of β-amino-alcohol motifs (C(OH)–C–C–N with tert-alkyl or cyclic N) is 1. The van der Waals surface area contributed by atoms with E-state index in [1.807, 2.05) is 38.1 Å². The minimum absolute atomic E-state index is 0.0243. The molecule has 2 heterocycles. The number of nitrogens with one attached hydrogen (secondary N) is 2. The highest BCUT2D eigenvalue weighted by molar-refractivity contribution is 7.13. The number of amides is 3. The Hall–Kier alpha value is -3.39. The number of aliphatic carboxylic acids is 1. The number of thiazole rings is 1. The summed E-state index contributed by atoms with van der Waals surface area (Å²) in [7, 11) is 0. The topological polar surface area (TPSA) is 167 Å². The van der Waals surface area contributed by atoms with Crippen LogP contribution < -0.4 is 10.6 Å². The van der Waals surface area contributed by atoms with E-state index in [1.165, 1.54) is 4.90 Å². The molecule has 236 valence electrons. The number of benzene rings is 1. The van der Waals surface area contributed by atoms with Gasteiger partial charge in [-0.1, -0.05) is 45.0 Å². The summed E-state index contributed by atoms with van der Waals surface area (Å²) in [5, 5.41) is 24.7. The molecule has 0 bridgehead atoms. The number of aromatic nitrogens is 1. The van der Waals surface area contributed by atoms with Crippen LogP contribution in [0.15, 0.2) is 29.8 Å². The third-order valence-electron chi connectivity index (χ3n) is 7.10. The number of carboxylic acid groups (broad SMARTS) is 1. The van der Waals surface area contributed by atoms with Crippen molar-refractivity contribution in [3.8, 4) is 10.4 Å². The molecule has 0 aliphatic carbocycles. The van der Waals surface area contributed by atoms with Crippen LogP contribution in [0.5, 0.6) is 0 Å². The molecular formula is C30H42N4O8S. The zero-order valence-corrected chi connectivity index (χ0v) is 26.1. The molecule has 1 aliphatic heterocycles. The second kappa shape index (κ2) is 15.4. The van der Waals surface area contributed by atoms with Crippen LogP contribution in [-0.4, -0.2) is 94.9 Å². The summed E-state index contributed by atoms with van der Waals surface area (Å²) in [4.78, 5) is 57.0. The lowest BCUT2D eigenvalue weighted by atomic mass is 9.85. The van der Waals surface area contributed by atoms with Gasteiger partial charge < -0.3 is 35.2 Å². The van der Waals surface area contributed by atoms with Crippen LogP contribution in [0.2, 0.25) is 0 Å². The number of likely N-dealkylation sites (tertiary alicyclic amines) is 1. The van der Waals surface area contributed by atoms with E-state index >= 15 is 0 Å². The van der Waals surface area contributed by atoms with E-state index in [0.717, 1.165) is 21.7 Å². The van der Waals surface area contributed by atoms with Gasteiger partial charge in [0.1, 0.15) is 25.3 Å². The maximum Gasteiger partial charge on any atom is 0.329 e. The number of ether oxygens (including phenoxy) is 2. The van der Waals surface area contributed by atoms with Gasteiger partial charge in [-0.15, -0.1) is 11.3 Å². The van der Waals surface area contributed by atoms with Gasteiger partial charge >= 0.3 is 5.97 Å². The van der Waals surface area contributed by atoms with Gasteiger partial charge in [-0.3, -0.25) is 14.4 Å². The average Bonchev–Trinajstić information content (AvgIpc) is 3.55. The molecule has 1 saturated heterocycles. The molecule has 1 aliphatic rings. The van der Waals surface area contributed by atoms with E-state index in [1.54, 1.807) is 37.6 Å². The number of aryl methyl sites for hydroxylation is 1. The zero-order valence-electron chi connectivity index (χ0n) is 25.3. The lowest BCUT2D eigenvalue weighted by Crippen LogP contribution is -2.58. The van der Waals surface area contributed by atoms with E-state index in [0.29, 0.717) is 6.42 Å². The Morgan fingerprint density at radius 1 is 1.09 bits per heavy atom. The first-order valence-corrected chi connectivity index (χ1v) is 15.1. The first-order chi connectivity index (χ1) is 20.3. The molecule has 3 amide bonds. The number of nitrogens with zero attached hydrogens (tertiary/aromatic N) is 2. The molecule has 13 heteroatoms. The Morgan fingerprint density at radius 3 is 2.33 bits per heavy atom. The quantitative estimate of drug-likeness (QED) is 0.232. The smallest absolute Gasteiger partial charge is 0.329 e. The fourth-order valence-electron chi connectivity index (χ4n) is 4.81. The molecule has 43 heavy (non-hydrogen) atoms. The monoisotopic (exact) mass is 618 g/mol. The van der Waals surface area contributed by atoms with Crippen molar-refractivity contribution in [1.82, 2.24) is 20.5 Å². The van der Waals surface area contributed by atoms with E-state index in [9.17, 15) is 24.3 Å². The predicted octanol–water partition coefficient (Wildman–Crippen LogP) is 2.30. The van der Waals surface area contributed by atoms with E-state index in [-0.39, 0.29) is 44.7 Å². The number of carboxylic acids is 1. The average molecular weight is 619 g/mol. The maximum absolute atomic E-state index is 13.7.